The van der Waals surface area contributed by atoms with E-state index in [1.165, 1.54) is 0 Å². The Bertz CT molecular complexity index is 337. The van der Waals surface area contributed by atoms with Gasteiger partial charge in [0.05, 0.1) is 12.1 Å². The Kier molecular flexibility index (Phi) is 5.58. The first-order valence-electron chi connectivity index (χ1n) is 5.87. The molecule has 4 nitrogen and oxygen atoms in total. The number of nitrogens with one attached hydrogen (secondary N) is 1. The van der Waals surface area contributed by atoms with E-state index in [1.54, 1.807) is 0 Å². The van der Waals surface area contributed by atoms with Crippen LogP contribution in [0.15, 0.2) is 12.4 Å². The third-order valence-corrected chi connectivity index (χ3v) is 2.68. The lowest BCUT2D eigenvalue weighted by Crippen LogP contribution is -2.24. The topological polar surface area (TPSA) is 53.6 Å². The third kappa shape index (κ3) is 3.67. The van der Waals surface area contributed by atoms with E-state index >= 15 is 0 Å². The first-order valence-corrected chi connectivity index (χ1v) is 5.87. The lowest BCUT2D eigenvalue weighted by atomic mass is 10.2. The van der Waals surface area contributed by atoms with Crippen LogP contribution in [0.2, 0.25) is 0 Å². The van der Waals surface area contributed by atoms with Crippen molar-refractivity contribution in [3.63, 3.8) is 0 Å². The summed E-state index contributed by atoms with van der Waals surface area (Å²) in [5.41, 5.74) is 0. The van der Waals surface area contributed by atoms with Crippen LogP contribution in [-0.2, 0) is 7.05 Å². The molecule has 0 fully saturated rings. The smallest absolute Gasteiger partial charge is 0.125 e. The summed E-state index contributed by atoms with van der Waals surface area (Å²) in [5.74, 6) is 1.09. The summed E-state index contributed by atoms with van der Waals surface area (Å²) in [6.07, 6.45) is 7.50. The molecule has 0 aliphatic heterocycles. The summed E-state index contributed by atoms with van der Waals surface area (Å²) < 4.78 is 2.05. The average molecular weight is 220 g/mol. The minimum absolute atomic E-state index is 0.321. The molecule has 1 aromatic rings. The van der Waals surface area contributed by atoms with E-state index < -0.39 is 0 Å². The van der Waals surface area contributed by atoms with E-state index in [4.69, 9.17) is 5.26 Å². The third-order valence-electron chi connectivity index (χ3n) is 2.68. The second-order valence-corrected chi connectivity index (χ2v) is 3.93. The molecular weight excluding hydrogens is 200 g/mol. The van der Waals surface area contributed by atoms with Crippen LogP contribution in [0.4, 0.5) is 0 Å². The van der Waals surface area contributed by atoms with Crippen molar-refractivity contribution < 1.29 is 0 Å². The summed E-state index contributed by atoms with van der Waals surface area (Å²) >= 11 is 0. The Morgan fingerprint density at radius 1 is 1.56 bits per heavy atom. The van der Waals surface area contributed by atoms with Crippen molar-refractivity contribution >= 4 is 0 Å². The molecule has 0 spiro atoms. The van der Waals surface area contributed by atoms with Gasteiger partial charge in [-0.3, -0.25) is 0 Å². The van der Waals surface area contributed by atoms with Gasteiger partial charge in [-0.2, -0.15) is 5.26 Å². The molecule has 0 bridgehead atoms. The van der Waals surface area contributed by atoms with Gasteiger partial charge in [0.2, 0.25) is 0 Å². The molecule has 1 N–H and O–H groups in total. The van der Waals surface area contributed by atoms with Crippen molar-refractivity contribution in [1.29, 1.82) is 5.26 Å². The molecule has 88 valence electrons. The van der Waals surface area contributed by atoms with Crippen LogP contribution in [0, 0.1) is 11.3 Å². The number of aromatic nitrogens is 2. The monoisotopic (exact) mass is 220 g/mol. The van der Waals surface area contributed by atoms with Gasteiger partial charge < -0.3 is 9.88 Å². The number of hydrogen-bond acceptors (Lipinski definition) is 3. The maximum atomic E-state index is 8.42. The fourth-order valence-electron chi connectivity index (χ4n) is 1.74. The molecule has 1 heterocycles. The minimum Gasteiger partial charge on any atom is -0.337 e. The molecule has 0 aromatic carbocycles. The minimum atomic E-state index is 0.321. The molecule has 0 aliphatic rings. The van der Waals surface area contributed by atoms with E-state index in [0.29, 0.717) is 12.5 Å². The summed E-state index contributed by atoms with van der Waals surface area (Å²) in [5, 5.41) is 11.9. The van der Waals surface area contributed by atoms with Crippen LogP contribution in [0.5, 0.6) is 0 Å². The average Bonchev–Trinajstić information content (AvgIpc) is 2.70. The Labute approximate surface area is 97.3 Å². The number of hydrogen-bond donors (Lipinski definition) is 1. The van der Waals surface area contributed by atoms with Gasteiger partial charge in [-0.15, -0.1) is 0 Å². The quantitative estimate of drug-likeness (QED) is 0.716. The maximum Gasteiger partial charge on any atom is 0.125 e. The molecule has 4 heteroatoms. The Morgan fingerprint density at radius 2 is 2.38 bits per heavy atom. The lowest BCUT2D eigenvalue weighted by Gasteiger charge is -2.16. The van der Waals surface area contributed by atoms with Gasteiger partial charge in [-0.05, 0) is 25.8 Å². The van der Waals surface area contributed by atoms with Crippen molar-refractivity contribution in [3.8, 4) is 6.07 Å². The number of unbranched alkanes of at least 4 members (excludes halogenated alkanes) is 2. The predicted molar refractivity (Wildman–Crippen MR) is 63.7 cm³/mol. The second-order valence-electron chi connectivity index (χ2n) is 3.93. The molecule has 1 unspecified atom stereocenters. The standard InChI is InChI=1S/C12H20N4/c1-3-11(12-15-9-10-16(12)2)14-8-6-4-5-7-13/h9-11,14H,3-6,8H2,1-2H3. The van der Waals surface area contributed by atoms with Gasteiger partial charge in [-0.1, -0.05) is 6.92 Å². The highest BCUT2D eigenvalue weighted by atomic mass is 15.1. The zero-order valence-corrected chi connectivity index (χ0v) is 10.1. The first-order chi connectivity index (χ1) is 7.79. The largest absolute Gasteiger partial charge is 0.337 e. The van der Waals surface area contributed by atoms with Crippen molar-refractivity contribution in [3.05, 3.63) is 18.2 Å². The maximum absolute atomic E-state index is 8.42. The summed E-state index contributed by atoms with van der Waals surface area (Å²) in [6, 6.07) is 2.48. The van der Waals surface area contributed by atoms with Gasteiger partial charge >= 0.3 is 0 Å². The normalized spacial score (nSPS) is 12.3. The van der Waals surface area contributed by atoms with Crippen molar-refractivity contribution in [2.24, 2.45) is 7.05 Å². The van der Waals surface area contributed by atoms with Crippen LogP contribution < -0.4 is 5.32 Å². The van der Waals surface area contributed by atoms with Crippen LogP contribution in [0.25, 0.3) is 0 Å². The zero-order chi connectivity index (χ0) is 11.8. The van der Waals surface area contributed by atoms with Crippen LogP contribution in [0.1, 0.15) is 44.5 Å². The molecule has 0 amide bonds. The number of nitrogens with zero attached hydrogens (tertiary/aromatic N) is 3. The SMILES string of the molecule is CCC(NCCCCC#N)c1nccn1C. The predicted octanol–water partition coefficient (Wildman–Crippen LogP) is 2.15. The summed E-state index contributed by atoms with van der Waals surface area (Å²) in [7, 11) is 2.02. The number of nitriles is 1. The molecule has 1 rings (SSSR count). The van der Waals surface area contributed by atoms with Crippen LogP contribution >= 0.6 is 0 Å². The molecular formula is C12H20N4. The van der Waals surface area contributed by atoms with E-state index in [9.17, 15) is 0 Å². The fraction of sp³-hybridized carbons (Fsp3) is 0.667. The summed E-state index contributed by atoms with van der Waals surface area (Å²) in [4.78, 5) is 4.35. The van der Waals surface area contributed by atoms with Gasteiger partial charge in [0.25, 0.3) is 0 Å². The van der Waals surface area contributed by atoms with Gasteiger partial charge in [-0.25, -0.2) is 4.98 Å². The number of rotatable bonds is 7. The Balaban J connectivity index is 2.33. The Hall–Kier alpha value is -1.34. The highest BCUT2D eigenvalue weighted by molar-refractivity contribution is 4.98. The van der Waals surface area contributed by atoms with E-state index in [0.717, 1.165) is 31.6 Å². The fourth-order valence-corrected chi connectivity index (χ4v) is 1.74. The van der Waals surface area contributed by atoms with Gasteiger partial charge in [0.15, 0.2) is 0 Å². The van der Waals surface area contributed by atoms with Crippen molar-refractivity contribution in [2.75, 3.05) is 6.54 Å². The van der Waals surface area contributed by atoms with Crippen molar-refractivity contribution in [2.45, 2.75) is 38.6 Å². The molecule has 16 heavy (non-hydrogen) atoms. The zero-order valence-electron chi connectivity index (χ0n) is 10.1. The lowest BCUT2D eigenvalue weighted by molar-refractivity contribution is 0.472. The molecule has 1 aromatic heterocycles. The van der Waals surface area contributed by atoms with Crippen LogP contribution in [0.3, 0.4) is 0 Å². The van der Waals surface area contributed by atoms with Gasteiger partial charge in [0.1, 0.15) is 5.82 Å². The first kappa shape index (κ1) is 12.7. The summed E-state index contributed by atoms with van der Waals surface area (Å²) in [6.45, 7) is 3.11. The molecule has 1 atom stereocenters. The highest BCUT2D eigenvalue weighted by Gasteiger charge is 2.12. The van der Waals surface area contributed by atoms with Crippen LogP contribution in [-0.4, -0.2) is 16.1 Å². The van der Waals surface area contributed by atoms with E-state index in [2.05, 4.69) is 27.9 Å². The molecule has 0 saturated carbocycles. The van der Waals surface area contributed by atoms with Crippen molar-refractivity contribution in [1.82, 2.24) is 14.9 Å². The van der Waals surface area contributed by atoms with E-state index in [-0.39, 0.29) is 0 Å². The molecule has 0 saturated heterocycles. The number of imidazole rings is 1. The van der Waals surface area contributed by atoms with E-state index in [1.807, 2.05) is 19.4 Å². The molecule has 0 radical (unpaired) electrons. The molecule has 0 aliphatic carbocycles. The second kappa shape index (κ2) is 7.02. The highest BCUT2D eigenvalue weighted by Crippen LogP contribution is 2.13. The Morgan fingerprint density at radius 3 is 2.94 bits per heavy atom. The number of aryl methyl sites for hydroxylation is 1. The van der Waals surface area contributed by atoms with Gasteiger partial charge in [0, 0.05) is 25.9 Å².